The van der Waals surface area contributed by atoms with Crippen LogP contribution in [0, 0.1) is 11.5 Å². The molecule has 0 fully saturated rings. The first kappa shape index (κ1) is 16.8. The molecule has 4 nitrogen and oxygen atoms in total. The first-order valence-electron chi connectivity index (χ1n) is 6.38. The summed E-state index contributed by atoms with van der Waals surface area (Å²) in [7, 11) is -4.86. The third kappa shape index (κ3) is 5.78. The van der Waals surface area contributed by atoms with Crippen LogP contribution in [-0.2, 0) is 10.0 Å². The van der Waals surface area contributed by atoms with E-state index in [-0.39, 0.29) is 6.04 Å². The van der Waals surface area contributed by atoms with Crippen LogP contribution in [0.2, 0.25) is 19.6 Å². The van der Waals surface area contributed by atoms with Gasteiger partial charge < -0.3 is 5.73 Å². The van der Waals surface area contributed by atoms with Gasteiger partial charge >= 0.3 is 0 Å². The van der Waals surface area contributed by atoms with Crippen LogP contribution in [0.15, 0.2) is 18.2 Å². The zero-order valence-electron chi connectivity index (χ0n) is 12.6. The highest BCUT2D eigenvalue weighted by Crippen LogP contribution is 2.21. The monoisotopic (exact) mass is 310 g/mol. The average molecular weight is 310 g/mol. The summed E-state index contributed by atoms with van der Waals surface area (Å²) in [4.78, 5) is 0. The number of nitrogens with two attached hydrogens (primary N) is 1. The standard InChI is InChI=1S/C14H22N2O2SSi/c1-11(15)12-6-7-14(16-19(2,17)18)13(10-12)8-9-20(3,4)5/h6-7,10-11,16H,15H2,1-5H3. The summed E-state index contributed by atoms with van der Waals surface area (Å²) in [6, 6.07) is 5.27. The Morgan fingerprint density at radius 3 is 2.35 bits per heavy atom. The molecule has 6 heteroatoms. The molecule has 1 atom stereocenters. The molecule has 1 aromatic carbocycles. The van der Waals surface area contributed by atoms with Crippen molar-refractivity contribution in [2.75, 3.05) is 11.0 Å². The largest absolute Gasteiger partial charge is 0.324 e. The molecule has 1 unspecified atom stereocenters. The van der Waals surface area contributed by atoms with Crippen LogP contribution in [0.3, 0.4) is 0 Å². The molecule has 0 aliphatic carbocycles. The van der Waals surface area contributed by atoms with E-state index in [0.29, 0.717) is 11.3 Å². The van der Waals surface area contributed by atoms with Gasteiger partial charge in [-0.3, -0.25) is 4.72 Å². The van der Waals surface area contributed by atoms with Crippen molar-refractivity contribution in [1.29, 1.82) is 0 Å². The van der Waals surface area contributed by atoms with Gasteiger partial charge in [0.15, 0.2) is 0 Å². The lowest BCUT2D eigenvalue weighted by Gasteiger charge is -2.12. The summed E-state index contributed by atoms with van der Waals surface area (Å²) in [5, 5.41) is 0. The highest BCUT2D eigenvalue weighted by Gasteiger charge is 2.11. The molecule has 1 rings (SSSR count). The SMILES string of the molecule is CC(N)c1ccc(NS(C)(=O)=O)c(C#C[Si](C)(C)C)c1. The molecule has 0 bridgehead atoms. The summed E-state index contributed by atoms with van der Waals surface area (Å²) in [5.41, 5.74) is 11.2. The quantitative estimate of drug-likeness (QED) is 0.665. The summed E-state index contributed by atoms with van der Waals surface area (Å²) < 4.78 is 25.3. The predicted octanol–water partition coefficient (Wildman–Crippen LogP) is 2.31. The van der Waals surface area contributed by atoms with Gasteiger partial charge in [-0.25, -0.2) is 8.42 Å². The Morgan fingerprint density at radius 2 is 1.90 bits per heavy atom. The Hall–Kier alpha value is -1.29. The van der Waals surface area contributed by atoms with E-state index >= 15 is 0 Å². The normalized spacial score (nSPS) is 13.3. The zero-order chi connectivity index (χ0) is 15.6. The van der Waals surface area contributed by atoms with Gasteiger partial charge in [0.05, 0.1) is 11.9 Å². The lowest BCUT2D eigenvalue weighted by atomic mass is 10.0. The van der Waals surface area contributed by atoms with Crippen molar-refractivity contribution in [3.8, 4) is 11.5 Å². The van der Waals surface area contributed by atoms with Crippen molar-refractivity contribution >= 4 is 23.8 Å². The predicted molar refractivity (Wildman–Crippen MR) is 87.7 cm³/mol. The Labute approximate surface area is 122 Å². The Bertz CT molecular complexity index is 650. The topological polar surface area (TPSA) is 72.2 Å². The molecular weight excluding hydrogens is 288 g/mol. The molecule has 0 heterocycles. The second-order valence-corrected chi connectivity index (χ2v) is 12.5. The van der Waals surface area contributed by atoms with E-state index in [4.69, 9.17) is 5.73 Å². The Balaban J connectivity index is 3.33. The van der Waals surface area contributed by atoms with Crippen molar-refractivity contribution in [3.63, 3.8) is 0 Å². The molecule has 0 saturated carbocycles. The van der Waals surface area contributed by atoms with Gasteiger partial charge in [0.1, 0.15) is 8.07 Å². The summed E-state index contributed by atoms with van der Waals surface area (Å²) >= 11 is 0. The van der Waals surface area contributed by atoms with Crippen molar-refractivity contribution in [3.05, 3.63) is 29.3 Å². The second kappa shape index (κ2) is 6.00. The number of nitrogens with one attached hydrogen (secondary N) is 1. The van der Waals surface area contributed by atoms with Crippen LogP contribution in [0.5, 0.6) is 0 Å². The molecular formula is C14H22N2O2SSi. The van der Waals surface area contributed by atoms with Crippen LogP contribution in [0.25, 0.3) is 0 Å². The molecule has 3 N–H and O–H groups in total. The number of rotatable bonds is 3. The summed E-state index contributed by atoms with van der Waals surface area (Å²) in [6.07, 6.45) is 1.13. The molecule has 0 saturated heterocycles. The van der Waals surface area contributed by atoms with Gasteiger partial charge in [0.2, 0.25) is 10.0 Å². The molecule has 0 aliphatic rings. The zero-order valence-corrected chi connectivity index (χ0v) is 14.4. The fourth-order valence-corrected chi connectivity index (χ4v) is 2.58. The summed E-state index contributed by atoms with van der Waals surface area (Å²) in [6.45, 7) is 8.30. The second-order valence-electron chi connectivity index (χ2n) is 5.97. The van der Waals surface area contributed by atoms with Crippen molar-refractivity contribution in [1.82, 2.24) is 0 Å². The van der Waals surface area contributed by atoms with E-state index < -0.39 is 18.1 Å². The maximum atomic E-state index is 11.4. The minimum Gasteiger partial charge on any atom is -0.324 e. The third-order valence-corrected chi connectivity index (χ3v) is 3.90. The molecule has 0 amide bonds. The van der Waals surface area contributed by atoms with Gasteiger partial charge in [-0.1, -0.05) is 31.6 Å². The maximum absolute atomic E-state index is 11.4. The van der Waals surface area contributed by atoms with E-state index in [2.05, 4.69) is 35.8 Å². The average Bonchev–Trinajstić information content (AvgIpc) is 2.24. The van der Waals surface area contributed by atoms with Crippen LogP contribution < -0.4 is 10.5 Å². The van der Waals surface area contributed by atoms with Crippen LogP contribution in [0.4, 0.5) is 5.69 Å². The highest BCUT2D eigenvalue weighted by molar-refractivity contribution is 7.92. The highest BCUT2D eigenvalue weighted by atomic mass is 32.2. The fourth-order valence-electron chi connectivity index (χ4n) is 1.49. The van der Waals surface area contributed by atoms with Gasteiger partial charge in [-0.15, -0.1) is 5.54 Å². The third-order valence-electron chi connectivity index (χ3n) is 2.44. The fraction of sp³-hybridized carbons (Fsp3) is 0.429. The molecule has 0 spiro atoms. The minimum absolute atomic E-state index is 0.116. The smallest absolute Gasteiger partial charge is 0.229 e. The van der Waals surface area contributed by atoms with Crippen molar-refractivity contribution in [2.45, 2.75) is 32.6 Å². The van der Waals surface area contributed by atoms with E-state index in [1.165, 1.54) is 0 Å². The molecule has 20 heavy (non-hydrogen) atoms. The van der Waals surface area contributed by atoms with Crippen LogP contribution in [0.1, 0.15) is 24.1 Å². The summed E-state index contributed by atoms with van der Waals surface area (Å²) in [5.74, 6) is 3.10. The molecule has 0 radical (unpaired) electrons. The first-order chi connectivity index (χ1) is 8.98. The van der Waals surface area contributed by atoms with Crippen LogP contribution in [-0.4, -0.2) is 22.7 Å². The van der Waals surface area contributed by atoms with Gasteiger partial charge in [0, 0.05) is 11.6 Å². The molecule has 110 valence electrons. The lowest BCUT2D eigenvalue weighted by Crippen LogP contribution is -2.16. The lowest BCUT2D eigenvalue weighted by molar-refractivity contribution is 0.607. The minimum atomic E-state index is -3.32. The molecule has 0 aliphatic heterocycles. The Kier molecular flexibility index (Phi) is 5.03. The van der Waals surface area contributed by atoms with Crippen molar-refractivity contribution in [2.24, 2.45) is 5.73 Å². The van der Waals surface area contributed by atoms with Gasteiger partial charge in [-0.05, 0) is 24.6 Å². The van der Waals surface area contributed by atoms with Gasteiger partial charge in [-0.2, -0.15) is 0 Å². The molecule has 0 aromatic heterocycles. The first-order valence-corrected chi connectivity index (χ1v) is 11.8. The maximum Gasteiger partial charge on any atom is 0.229 e. The van der Waals surface area contributed by atoms with Gasteiger partial charge in [0.25, 0.3) is 0 Å². The molecule has 1 aromatic rings. The van der Waals surface area contributed by atoms with E-state index in [1.807, 2.05) is 19.1 Å². The van der Waals surface area contributed by atoms with Crippen molar-refractivity contribution < 1.29 is 8.42 Å². The Morgan fingerprint density at radius 1 is 1.30 bits per heavy atom. The van der Waals surface area contributed by atoms with E-state index in [9.17, 15) is 8.42 Å². The number of benzene rings is 1. The van der Waals surface area contributed by atoms with Crippen LogP contribution >= 0.6 is 0 Å². The van der Waals surface area contributed by atoms with E-state index in [0.717, 1.165) is 11.8 Å². The number of hydrogen-bond donors (Lipinski definition) is 2. The number of sulfonamides is 1. The number of hydrogen-bond acceptors (Lipinski definition) is 3. The van der Waals surface area contributed by atoms with E-state index in [1.54, 1.807) is 6.07 Å². The number of anilines is 1.